The molecule has 0 aliphatic heterocycles. The van der Waals surface area contributed by atoms with E-state index in [4.69, 9.17) is 27.9 Å². The first-order chi connectivity index (χ1) is 10.4. The molecule has 0 heterocycles. The Hall–Kier alpha value is -0.790. The van der Waals surface area contributed by atoms with Crippen molar-refractivity contribution in [2.45, 2.75) is 26.2 Å². The average Bonchev–Trinajstić information content (AvgIpc) is 2.46. The van der Waals surface area contributed by atoms with Gasteiger partial charge in [-0.25, -0.2) is 0 Å². The van der Waals surface area contributed by atoms with Gasteiger partial charge in [0.05, 0.1) is 16.6 Å². The van der Waals surface area contributed by atoms with Crippen LogP contribution in [0.25, 0.3) is 6.08 Å². The van der Waals surface area contributed by atoms with Gasteiger partial charge < -0.3 is 14.6 Å². The maximum absolute atomic E-state index is 10.8. The molecule has 0 saturated heterocycles. The Balaban J connectivity index is 0.00000484. The van der Waals surface area contributed by atoms with E-state index in [9.17, 15) is 20.0 Å². The normalized spacial score (nSPS) is 10.8. The van der Waals surface area contributed by atoms with E-state index in [1.807, 2.05) is 0 Å². The standard InChI is InChI=1S/C14H15Cl2NO5.Na/c1-2-10(17(20)21)8-9-5-6-11(14(16)13(9)15)22-7-3-4-12(18)19;/h5-6,8H,2-4,7H2,1H3,(H,18,19);/q;+1/p-1/b10-8+;. The summed E-state index contributed by atoms with van der Waals surface area (Å²) < 4.78 is 5.34. The number of hydrogen-bond donors (Lipinski definition) is 0. The summed E-state index contributed by atoms with van der Waals surface area (Å²) in [5, 5.41) is 21.4. The van der Waals surface area contributed by atoms with Crippen molar-refractivity contribution in [1.82, 2.24) is 0 Å². The minimum Gasteiger partial charge on any atom is -0.550 e. The topological polar surface area (TPSA) is 92.5 Å². The Morgan fingerprint density at radius 2 is 2.00 bits per heavy atom. The number of aliphatic carboxylic acids is 1. The van der Waals surface area contributed by atoms with Crippen LogP contribution in [-0.4, -0.2) is 17.5 Å². The van der Waals surface area contributed by atoms with E-state index in [2.05, 4.69) is 0 Å². The summed E-state index contributed by atoms with van der Waals surface area (Å²) in [7, 11) is 0. The Bertz CT molecular complexity index is 607. The monoisotopic (exact) mass is 369 g/mol. The van der Waals surface area contributed by atoms with Crippen LogP contribution in [0.1, 0.15) is 31.7 Å². The third-order valence-electron chi connectivity index (χ3n) is 2.78. The van der Waals surface area contributed by atoms with Crippen molar-refractivity contribution in [2.24, 2.45) is 0 Å². The number of carbonyl (C=O) groups is 1. The Morgan fingerprint density at radius 3 is 2.52 bits per heavy atom. The molecule has 0 aromatic heterocycles. The van der Waals surface area contributed by atoms with Crippen LogP contribution < -0.4 is 39.4 Å². The quantitative estimate of drug-likeness (QED) is 0.277. The molecular weight excluding hydrogens is 356 g/mol. The van der Waals surface area contributed by atoms with Gasteiger partial charge in [0.1, 0.15) is 10.8 Å². The molecule has 1 aromatic rings. The Kier molecular flexibility index (Phi) is 10.5. The predicted molar refractivity (Wildman–Crippen MR) is 81.5 cm³/mol. The van der Waals surface area contributed by atoms with Crippen molar-refractivity contribution in [1.29, 1.82) is 0 Å². The zero-order valence-electron chi connectivity index (χ0n) is 12.8. The van der Waals surface area contributed by atoms with E-state index >= 15 is 0 Å². The number of rotatable bonds is 8. The number of carboxylic acid groups (broad SMARTS) is 1. The van der Waals surface area contributed by atoms with Crippen LogP contribution in [0.5, 0.6) is 5.75 Å². The largest absolute Gasteiger partial charge is 1.00 e. The van der Waals surface area contributed by atoms with Crippen LogP contribution in [0.3, 0.4) is 0 Å². The maximum atomic E-state index is 10.8. The van der Waals surface area contributed by atoms with Crippen molar-refractivity contribution in [3.8, 4) is 5.75 Å². The number of nitro groups is 1. The molecule has 1 aromatic carbocycles. The number of benzene rings is 1. The summed E-state index contributed by atoms with van der Waals surface area (Å²) in [6.45, 7) is 1.81. The van der Waals surface area contributed by atoms with Gasteiger partial charge in [-0.3, -0.25) is 10.1 Å². The van der Waals surface area contributed by atoms with Gasteiger partial charge in [0.2, 0.25) is 5.70 Å². The fraction of sp³-hybridized carbons (Fsp3) is 0.357. The van der Waals surface area contributed by atoms with Gasteiger partial charge in [0, 0.05) is 24.0 Å². The molecule has 0 saturated carbocycles. The number of carboxylic acids is 1. The zero-order chi connectivity index (χ0) is 16.7. The number of carbonyl (C=O) groups excluding carboxylic acids is 1. The van der Waals surface area contributed by atoms with Crippen LogP contribution in [0.2, 0.25) is 10.0 Å². The molecule has 23 heavy (non-hydrogen) atoms. The second-order valence-corrected chi connectivity index (χ2v) is 5.11. The fourth-order valence-electron chi connectivity index (χ4n) is 1.63. The van der Waals surface area contributed by atoms with Gasteiger partial charge in [-0.05, 0) is 25.0 Å². The van der Waals surface area contributed by atoms with Crippen LogP contribution >= 0.6 is 23.2 Å². The first-order valence-electron chi connectivity index (χ1n) is 6.52. The molecule has 0 aliphatic carbocycles. The van der Waals surface area contributed by atoms with Gasteiger partial charge in [-0.2, -0.15) is 0 Å². The molecule has 0 aliphatic rings. The minimum absolute atomic E-state index is 0. The van der Waals surface area contributed by atoms with Crippen LogP contribution in [-0.2, 0) is 4.79 Å². The summed E-state index contributed by atoms with van der Waals surface area (Å²) in [6, 6.07) is 3.09. The van der Waals surface area contributed by atoms with Crippen LogP contribution in [0, 0.1) is 10.1 Å². The molecule has 0 radical (unpaired) electrons. The number of halogens is 2. The second-order valence-electron chi connectivity index (χ2n) is 4.35. The number of hydrogen-bond acceptors (Lipinski definition) is 5. The molecule has 120 valence electrons. The number of ether oxygens (including phenoxy) is 1. The first kappa shape index (κ1) is 22.2. The summed E-state index contributed by atoms with van der Waals surface area (Å²) in [5.74, 6) is -0.860. The maximum Gasteiger partial charge on any atom is 1.00 e. The SMILES string of the molecule is CC/C(=C\c1ccc(OCCCC(=O)[O-])c(Cl)c1Cl)[N+](=O)[O-].[Na+]. The number of allylic oxidation sites excluding steroid dienone is 1. The molecule has 0 bridgehead atoms. The molecular formula is C14H14Cl2NNaO5. The second kappa shape index (κ2) is 10.9. The van der Waals surface area contributed by atoms with Crippen molar-refractivity contribution in [3.63, 3.8) is 0 Å². The van der Waals surface area contributed by atoms with Crippen molar-refractivity contribution in [2.75, 3.05) is 6.61 Å². The van der Waals surface area contributed by atoms with Crippen molar-refractivity contribution in [3.05, 3.63) is 43.6 Å². The summed E-state index contributed by atoms with van der Waals surface area (Å²) in [5.41, 5.74) is 0.433. The molecule has 0 fully saturated rings. The first-order valence-corrected chi connectivity index (χ1v) is 7.28. The molecule has 6 nitrogen and oxygen atoms in total. The van der Waals surface area contributed by atoms with Crippen molar-refractivity contribution < 1.29 is 49.1 Å². The Labute approximate surface area is 165 Å². The third-order valence-corrected chi connectivity index (χ3v) is 3.66. The van der Waals surface area contributed by atoms with E-state index in [-0.39, 0.29) is 71.2 Å². The summed E-state index contributed by atoms with van der Waals surface area (Å²) in [6.07, 6.45) is 1.77. The van der Waals surface area contributed by atoms with Crippen molar-refractivity contribution >= 4 is 35.2 Å². The molecule has 0 amide bonds. The Morgan fingerprint density at radius 1 is 1.35 bits per heavy atom. The summed E-state index contributed by atoms with van der Waals surface area (Å²) >= 11 is 12.1. The van der Waals surface area contributed by atoms with E-state index in [1.54, 1.807) is 13.0 Å². The van der Waals surface area contributed by atoms with E-state index < -0.39 is 10.9 Å². The summed E-state index contributed by atoms with van der Waals surface area (Å²) in [4.78, 5) is 20.6. The third kappa shape index (κ3) is 7.10. The van der Waals surface area contributed by atoms with Gasteiger partial charge in [-0.15, -0.1) is 0 Å². The minimum atomic E-state index is -1.15. The molecule has 0 spiro atoms. The van der Waals surface area contributed by atoms with Gasteiger partial charge in [0.15, 0.2) is 0 Å². The molecule has 0 atom stereocenters. The van der Waals surface area contributed by atoms with Gasteiger partial charge >= 0.3 is 29.6 Å². The smallest absolute Gasteiger partial charge is 0.550 e. The average molecular weight is 370 g/mol. The van der Waals surface area contributed by atoms with E-state index in [0.717, 1.165) is 0 Å². The molecule has 0 N–H and O–H groups in total. The van der Waals surface area contributed by atoms with Gasteiger partial charge in [-0.1, -0.05) is 30.1 Å². The molecule has 0 unspecified atom stereocenters. The van der Waals surface area contributed by atoms with Crippen LogP contribution in [0.4, 0.5) is 0 Å². The molecule has 9 heteroatoms. The predicted octanol–water partition coefficient (Wildman–Crippen LogP) is -0.0661. The van der Waals surface area contributed by atoms with E-state index in [0.29, 0.717) is 11.3 Å². The number of nitrogens with zero attached hydrogens (tertiary/aromatic N) is 1. The molecule has 1 rings (SSSR count). The van der Waals surface area contributed by atoms with Crippen LogP contribution in [0.15, 0.2) is 17.8 Å². The zero-order valence-corrected chi connectivity index (χ0v) is 16.3. The van der Waals surface area contributed by atoms with E-state index in [1.165, 1.54) is 12.1 Å². The fourth-order valence-corrected chi connectivity index (χ4v) is 2.07. The van der Waals surface area contributed by atoms with Gasteiger partial charge in [0.25, 0.3) is 0 Å².